The van der Waals surface area contributed by atoms with Gasteiger partial charge in [-0.2, -0.15) is 5.10 Å². The molecular weight excluding hydrogens is 316 g/mol. The van der Waals surface area contributed by atoms with Crippen LogP contribution >= 0.6 is 0 Å². The highest BCUT2D eigenvalue weighted by atomic mass is 16.6. The number of hydrogen-bond donors (Lipinski definition) is 1. The molecule has 3 aromatic rings. The van der Waals surface area contributed by atoms with Crippen LogP contribution in [0.2, 0.25) is 0 Å². The minimum atomic E-state index is -0.384. The zero-order valence-electron chi connectivity index (χ0n) is 14.2. The molecular formula is C19H20N4O2. The zero-order chi connectivity index (χ0) is 17.8. The second kappa shape index (κ2) is 7.17. The second-order valence-corrected chi connectivity index (χ2v) is 5.92. The van der Waals surface area contributed by atoms with E-state index in [1.165, 1.54) is 4.68 Å². The maximum atomic E-state index is 11.4. The van der Waals surface area contributed by atoms with E-state index in [-0.39, 0.29) is 16.5 Å². The molecule has 1 N–H and O–H groups in total. The highest BCUT2D eigenvalue weighted by molar-refractivity contribution is 5.59. The Labute approximate surface area is 146 Å². The normalized spacial score (nSPS) is 10.8. The summed E-state index contributed by atoms with van der Waals surface area (Å²) in [5.74, 6) is 0.511. The molecule has 0 atom stereocenters. The maximum absolute atomic E-state index is 11.4. The van der Waals surface area contributed by atoms with Gasteiger partial charge in [-0.15, -0.1) is 0 Å². The van der Waals surface area contributed by atoms with Crippen molar-refractivity contribution in [2.24, 2.45) is 7.05 Å². The smallest absolute Gasteiger partial charge is 0.333 e. The average Bonchev–Trinajstić information content (AvgIpc) is 2.90. The number of hydrogen-bond acceptors (Lipinski definition) is 4. The van der Waals surface area contributed by atoms with Gasteiger partial charge in [-0.25, -0.2) is 4.68 Å². The number of nitrogens with one attached hydrogen (secondary N) is 1. The minimum absolute atomic E-state index is 0.0300. The Morgan fingerprint density at radius 1 is 1.08 bits per heavy atom. The van der Waals surface area contributed by atoms with E-state index in [0.29, 0.717) is 18.1 Å². The Morgan fingerprint density at radius 3 is 2.08 bits per heavy atom. The van der Waals surface area contributed by atoms with Crippen LogP contribution in [0.3, 0.4) is 0 Å². The number of benzene rings is 2. The summed E-state index contributed by atoms with van der Waals surface area (Å²) in [6.07, 6.45) is 0. The predicted octanol–water partition coefficient (Wildman–Crippen LogP) is 3.88. The summed E-state index contributed by atoms with van der Waals surface area (Å²) in [5.41, 5.74) is 2.75. The molecule has 0 spiro atoms. The van der Waals surface area contributed by atoms with Crippen molar-refractivity contribution < 1.29 is 4.92 Å². The van der Waals surface area contributed by atoms with Gasteiger partial charge in [0.2, 0.25) is 5.82 Å². The van der Waals surface area contributed by atoms with Gasteiger partial charge in [-0.1, -0.05) is 60.7 Å². The average molecular weight is 336 g/mol. The van der Waals surface area contributed by atoms with Crippen LogP contribution in [0.1, 0.15) is 22.7 Å². The molecule has 1 aromatic heterocycles. The van der Waals surface area contributed by atoms with E-state index in [9.17, 15) is 10.1 Å². The Morgan fingerprint density at radius 2 is 1.60 bits per heavy atom. The lowest BCUT2D eigenvalue weighted by Crippen LogP contribution is -2.16. The molecule has 0 saturated heterocycles. The standard InChI is InChI=1S/C19H20N4O2/c1-14-18(23(24)25)19(22(2)21-14)20-13-17(15-9-5-3-6-10-15)16-11-7-4-8-12-16/h3-12,17,20H,13H2,1-2H3. The van der Waals surface area contributed by atoms with Gasteiger partial charge in [0.05, 0.1) is 4.92 Å². The van der Waals surface area contributed by atoms with Crippen molar-refractivity contribution in [2.45, 2.75) is 12.8 Å². The van der Waals surface area contributed by atoms with Gasteiger partial charge in [-0.05, 0) is 18.1 Å². The van der Waals surface area contributed by atoms with Gasteiger partial charge in [0.25, 0.3) is 0 Å². The summed E-state index contributed by atoms with van der Waals surface area (Å²) < 4.78 is 1.53. The van der Waals surface area contributed by atoms with Crippen molar-refractivity contribution in [1.82, 2.24) is 9.78 Å². The summed E-state index contributed by atoms with van der Waals surface area (Å²) in [6, 6.07) is 20.3. The van der Waals surface area contributed by atoms with Crippen LogP contribution in [0.25, 0.3) is 0 Å². The van der Waals surface area contributed by atoms with Gasteiger partial charge in [0.15, 0.2) is 0 Å². The predicted molar refractivity (Wildman–Crippen MR) is 97.8 cm³/mol. The highest BCUT2D eigenvalue weighted by Crippen LogP contribution is 2.30. The van der Waals surface area contributed by atoms with Crippen LogP contribution in [-0.2, 0) is 7.05 Å². The number of aryl methyl sites for hydroxylation is 2. The third-order valence-electron chi connectivity index (χ3n) is 4.25. The molecule has 0 aliphatic carbocycles. The fraction of sp³-hybridized carbons (Fsp3) is 0.211. The summed E-state index contributed by atoms with van der Waals surface area (Å²) in [7, 11) is 1.71. The molecule has 25 heavy (non-hydrogen) atoms. The van der Waals surface area contributed by atoms with Gasteiger partial charge in [0.1, 0.15) is 5.69 Å². The first kappa shape index (κ1) is 16.7. The van der Waals surface area contributed by atoms with E-state index < -0.39 is 0 Å². The number of rotatable bonds is 6. The zero-order valence-corrected chi connectivity index (χ0v) is 14.2. The van der Waals surface area contributed by atoms with E-state index >= 15 is 0 Å². The Hall–Kier alpha value is -3.15. The molecule has 1 heterocycles. The summed E-state index contributed by atoms with van der Waals surface area (Å²) in [6.45, 7) is 2.18. The Balaban J connectivity index is 1.92. The van der Waals surface area contributed by atoms with Crippen molar-refractivity contribution in [3.8, 4) is 0 Å². The first-order valence-corrected chi connectivity index (χ1v) is 8.09. The van der Waals surface area contributed by atoms with E-state index in [4.69, 9.17) is 0 Å². The van der Waals surface area contributed by atoms with E-state index in [1.54, 1.807) is 14.0 Å². The molecule has 0 unspecified atom stereocenters. The van der Waals surface area contributed by atoms with Crippen LogP contribution in [-0.4, -0.2) is 21.2 Å². The summed E-state index contributed by atoms with van der Waals surface area (Å²) in [4.78, 5) is 11.0. The Bertz CT molecular complexity index is 820. The fourth-order valence-corrected chi connectivity index (χ4v) is 3.06. The lowest BCUT2D eigenvalue weighted by molar-refractivity contribution is -0.384. The van der Waals surface area contributed by atoms with E-state index in [0.717, 1.165) is 11.1 Å². The van der Waals surface area contributed by atoms with Gasteiger partial charge < -0.3 is 5.32 Å². The van der Waals surface area contributed by atoms with Crippen LogP contribution in [0.5, 0.6) is 0 Å². The molecule has 0 saturated carbocycles. The monoisotopic (exact) mass is 336 g/mol. The first-order valence-electron chi connectivity index (χ1n) is 8.09. The van der Waals surface area contributed by atoms with E-state index in [2.05, 4.69) is 34.7 Å². The van der Waals surface area contributed by atoms with Crippen LogP contribution in [0.4, 0.5) is 11.5 Å². The van der Waals surface area contributed by atoms with Gasteiger partial charge >= 0.3 is 5.69 Å². The van der Waals surface area contributed by atoms with Gasteiger partial charge in [0, 0.05) is 19.5 Å². The largest absolute Gasteiger partial charge is 0.364 e. The van der Waals surface area contributed by atoms with Crippen LogP contribution < -0.4 is 5.32 Å². The number of anilines is 1. The first-order chi connectivity index (χ1) is 12.1. The number of aromatic nitrogens is 2. The molecule has 6 nitrogen and oxygen atoms in total. The second-order valence-electron chi connectivity index (χ2n) is 5.92. The van der Waals surface area contributed by atoms with Crippen LogP contribution in [0, 0.1) is 17.0 Å². The summed E-state index contributed by atoms with van der Waals surface area (Å²) >= 11 is 0. The summed E-state index contributed by atoms with van der Waals surface area (Å²) in [5, 5.41) is 18.8. The van der Waals surface area contributed by atoms with E-state index in [1.807, 2.05) is 36.4 Å². The van der Waals surface area contributed by atoms with Crippen molar-refractivity contribution in [2.75, 3.05) is 11.9 Å². The lowest BCUT2D eigenvalue weighted by Gasteiger charge is -2.19. The molecule has 0 amide bonds. The molecule has 6 heteroatoms. The molecule has 0 bridgehead atoms. The molecule has 0 aliphatic rings. The lowest BCUT2D eigenvalue weighted by atomic mass is 9.91. The van der Waals surface area contributed by atoms with Crippen molar-refractivity contribution in [3.05, 3.63) is 87.6 Å². The molecule has 2 aromatic carbocycles. The molecule has 128 valence electrons. The van der Waals surface area contributed by atoms with Crippen LogP contribution in [0.15, 0.2) is 60.7 Å². The van der Waals surface area contributed by atoms with Gasteiger partial charge in [-0.3, -0.25) is 10.1 Å². The Kier molecular flexibility index (Phi) is 4.79. The SMILES string of the molecule is Cc1nn(C)c(NCC(c2ccccc2)c2ccccc2)c1[N+](=O)[O-]. The molecule has 3 rings (SSSR count). The highest BCUT2D eigenvalue weighted by Gasteiger charge is 2.25. The van der Waals surface area contributed by atoms with Crippen molar-refractivity contribution in [3.63, 3.8) is 0 Å². The maximum Gasteiger partial charge on any atom is 0.333 e. The van der Waals surface area contributed by atoms with Crippen molar-refractivity contribution in [1.29, 1.82) is 0 Å². The number of nitro groups is 1. The molecule has 0 aliphatic heterocycles. The molecule has 0 radical (unpaired) electrons. The fourth-order valence-electron chi connectivity index (χ4n) is 3.06. The number of nitrogens with zero attached hydrogens (tertiary/aromatic N) is 3. The topological polar surface area (TPSA) is 73.0 Å². The minimum Gasteiger partial charge on any atom is -0.364 e. The quantitative estimate of drug-likeness (QED) is 0.547. The third kappa shape index (κ3) is 3.52. The third-order valence-corrected chi connectivity index (χ3v) is 4.25. The van der Waals surface area contributed by atoms with Crippen molar-refractivity contribution >= 4 is 11.5 Å². The molecule has 0 fully saturated rings.